The maximum Gasteiger partial charge on any atom is 0.254 e. The third-order valence-electron chi connectivity index (χ3n) is 6.28. The van der Waals surface area contributed by atoms with Crippen molar-refractivity contribution in [3.63, 3.8) is 0 Å². The normalized spacial score (nSPS) is 15.9. The van der Waals surface area contributed by atoms with E-state index >= 15 is 0 Å². The molecule has 2 N–H and O–H groups in total. The smallest absolute Gasteiger partial charge is 0.254 e. The number of carbonyl (C=O) groups is 2. The zero-order valence-corrected chi connectivity index (χ0v) is 21.2. The van der Waals surface area contributed by atoms with Gasteiger partial charge in [-0.15, -0.1) is 12.4 Å². The highest BCUT2D eigenvalue weighted by Gasteiger charge is 2.29. The Morgan fingerprint density at radius 1 is 1.21 bits per heavy atom. The number of nitrogens with zero attached hydrogens (tertiary/aromatic N) is 2. The number of amides is 2. The second-order valence-corrected chi connectivity index (χ2v) is 9.02. The Hall–Kier alpha value is -2.38. The van der Waals surface area contributed by atoms with Gasteiger partial charge in [-0.2, -0.15) is 0 Å². The molecule has 182 valence electrons. The van der Waals surface area contributed by atoms with Crippen molar-refractivity contribution in [3.05, 3.63) is 45.2 Å². The molecule has 0 spiro atoms. The van der Waals surface area contributed by atoms with Gasteiger partial charge >= 0.3 is 0 Å². The first kappa shape index (κ1) is 26.9. The molecule has 1 aliphatic heterocycles. The molecule has 0 radical (unpaired) electrons. The summed E-state index contributed by atoms with van der Waals surface area (Å²) in [6.07, 6.45) is 2.45. The lowest BCUT2D eigenvalue weighted by Crippen LogP contribution is -2.51. The SMILES string of the molecule is CCC(=O)NCCn1c(=O)c(C)cc2cc(C)c(C(=O)N(C(C)C)[C@@H]3CCCNC3)cc21.Cl. The summed E-state index contributed by atoms with van der Waals surface area (Å²) >= 11 is 0. The summed E-state index contributed by atoms with van der Waals surface area (Å²) in [5.74, 6) is -0.0395. The van der Waals surface area contributed by atoms with E-state index in [4.69, 9.17) is 0 Å². The Morgan fingerprint density at radius 3 is 2.52 bits per heavy atom. The van der Waals surface area contributed by atoms with Crippen LogP contribution in [0.2, 0.25) is 0 Å². The fraction of sp³-hybridized carbons (Fsp3) is 0.560. The van der Waals surface area contributed by atoms with Gasteiger partial charge < -0.3 is 20.1 Å². The molecule has 2 amide bonds. The predicted molar refractivity (Wildman–Crippen MR) is 135 cm³/mol. The molecular weight excluding hydrogens is 440 g/mol. The van der Waals surface area contributed by atoms with Gasteiger partial charge in [-0.05, 0) is 76.2 Å². The monoisotopic (exact) mass is 476 g/mol. The average molecular weight is 477 g/mol. The molecule has 1 fully saturated rings. The number of nitrogens with one attached hydrogen (secondary N) is 2. The summed E-state index contributed by atoms with van der Waals surface area (Å²) in [5.41, 5.74) is 2.82. The molecule has 1 aliphatic rings. The summed E-state index contributed by atoms with van der Waals surface area (Å²) in [5, 5.41) is 7.17. The van der Waals surface area contributed by atoms with Crippen LogP contribution < -0.4 is 16.2 Å². The lowest BCUT2D eigenvalue weighted by Gasteiger charge is -2.38. The van der Waals surface area contributed by atoms with Gasteiger partial charge in [-0.3, -0.25) is 14.4 Å². The van der Waals surface area contributed by atoms with Crippen molar-refractivity contribution in [3.8, 4) is 0 Å². The van der Waals surface area contributed by atoms with E-state index in [0.29, 0.717) is 30.6 Å². The first-order chi connectivity index (χ1) is 15.2. The Morgan fingerprint density at radius 2 is 1.91 bits per heavy atom. The van der Waals surface area contributed by atoms with E-state index in [9.17, 15) is 14.4 Å². The van der Waals surface area contributed by atoms with Crippen LogP contribution >= 0.6 is 12.4 Å². The number of aromatic nitrogens is 1. The van der Waals surface area contributed by atoms with Gasteiger partial charge in [-0.25, -0.2) is 0 Å². The molecule has 0 saturated carbocycles. The lowest BCUT2D eigenvalue weighted by molar-refractivity contribution is -0.120. The molecular formula is C25H37ClN4O3. The van der Waals surface area contributed by atoms with Crippen LogP contribution in [-0.2, 0) is 11.3 Å². The van der Waals surface area contributed by atoms with Gasteiger partial charge in [0.2, 0.25) is 5.91 Å². The van der Waals surface area contributed by atoms with Gasteiger partial charge in [-0.1, -0.05) is 6.92 Å². The molecule has 3 rings (SSSR count). The lowest BCUT2D eigenvalue weighted by atomic mass is 9.99. The second kappa shape index (κ2) is 11.7. The van der Waals surface area contributed by atoms with Crippen molar-refractivity contribution >= 4 is 35.1 Å². The van der Waals surface area contributed by atoms with Crippen molar-refractivity contribution in [2.45, 2.75) is 72.5 Å². The minimum Gasteiger partial charge on any atom is -0.354 e. The molecule has 1 saturated heterocycles. The van der Waals surface area contributed by atoms with Crippen LogP contribution in [0.4, 0.5) is 0 Å². The predicted octanol–water partition coefficient (Wildman–Crippen LogP) is 3.17. The molecule has 33 heavy (non-hydrogen) atoms. The minimum absolute atomic E-state index is 0. The Bertz CT molecular complexity index is 1060. The minimum atomic E-state index is -0.0947. The molecule has 1 aromatic carbocycles. The van der Waals surface area contributed by atoms with Crippen LogP contribution in [0.5, 0.6) is 0 Å². The fourth-order valence-corrected chi connectivity index (χ4v) is 4.60. The number of pyridine rings is 1. The molecule has 2 aromatic rings. The zero-order chi connectivity index (χ0) is 23.4. The first-order valence-corrected chi connectivity index (χ1v) is 11.7. The highest BCUT2D eigenvalue weighted by Crippen LogP contribution is 2.24. The molecule has 0 aliphatic carbocycles. The van der Waals surface area contributed by atoms with Gasteiger partial charge in [0.1, 0.15) is 0 Å². The van der Waals surface area contributed by atoms with E-state index in [2.05, 4.69) is 24.5 Å². The Balaban J connectivity index is 0.00000385. The van der Waals surface area contributed by atoms with Gasteiger partial charge in [0.15, 0.2) is 0 Å². The van der Waals surface area contributed by atoms with E-state index in [1.165, 1.54) is 0 Å². The first-order valence-electron chi connectivity index (χ1n) is 11.7. The van der Waals surface area contributed by atoms with Crippen LogP contribution in [0.1, 0.15) is 61.5 Å². The number of halogens is 1. The Labute approximate surface area is 202 Å². The van der Waals surface area contributed by atoms with E-state index in [0.717, 1.165) is 42.4 Å². The molecule has 1 atom stereocenters. The van der Waals surface area contributed by atoms with E-state index in [1.54, 1.807) is 18.4 Å². The van der Waals surface area contributed by atoms with Crippen molar-refractivity contribution in [2.75, 3.05) is 19.6 Å². The van der Waals surface area contributed by atoms with Gasteiger partial charge in [0.25, 0.3) is 11.5 Å². The molecule has 1 aromatic heterocycles. The maximum absolute atomic E-state index is 13.7. The standard InChI is InChI=1S/C25H36N4O3.ClH/c1-6-23(30)27-10-11-28-22-14-21(17(4)12-19(22)13-18(5)24(28)31)25(32)29(16(2)3)20-8-7-9-26-15-20;/h12-14,16,20,26H,6-11,15H2,1-5H3,(H,27,30);1H/t20-;/m1./s1. The zero-order valence-electron chi connectivity index (χ0n) is 20.4. The number of hydrogen-bond donors (Lipinski definition) is 2. The van der Waals surface area contributed by atoms with Crippen LogP contribution in [0.3, 0.4) is 0 Å². The second-order valence-electron chi connectivity index (χ2n) is 9.02. The number of rotatable bonds is 7. The number of fused-ring (bicyclic) bond motifs is 1. The summed E-state index contributed by atoms with van der Waals surface area (Å²) in [6, 6.07) is 5.97. The van der Waals surface area contributed by atoms with E-state index in [-0.39, 0.29) is 41.9 Å². The summed E-state index contributed by atoms with van der Waals surface area (Å²) < 4.78 is 1.68. The number of piperidine rings is 1. The summed E-state index contributed by atoms with van der Waals surface area (Å²) in [7, 11) is 0. The summed E-state index contributed by atoms with van der Waals surface area (Å²) in [4.78, 5) is 40.3. The maximum atomic E-state index is 13.7. The number of hydrogen-bond acceptors (Lipinski definition) is 4. The molecule has 2 heterocycles. The van der Waals surface area contributed by atoms with Crippen molar-refractivity contribution < 1.29 is 9.59 Å². The van der Waals surface area contributed by atoms with Crippen molar-refractivity contribution in [2.24, 2.45) is 0 Å². The van der Waals surface area contributed by atoms with E-state index in [1.807, 2.05) is 30.0 Å². The van der Waals surface area contributed by atoms with Crippen LogP contribution in [0, 0.1) is 13.8 Å². The van der Waals surface area contributed by atoms with Gasteiger partial charge in [0.05, 0.1) is 5.52 Å². The average Bonchev–Trinajstić information content (AvgIpc) is 2.76. The number of benzene rings is 1. The summed E-state index contributed by atoms with van der Waals surface area (Å²) in [6.45, 7) is 12.2. The van der Waals surface area contributed by atoms with E-state index < -0.39 is 0 Å². The van der Waals surface area contributed by atoms with Crippen LogP contribution in [0.25, 0.3) is 10.9 Å². The number of carbonyl (C=O) groups excluding carboxylic acids is 2. The third-order valence-corrected chi connectivity index (χ3v) is 6.28. The molecule has 0 bridgehead atoms. The Kier molecular flexibility index (Phi) is 9.49. The molecule has 7 nitrogen and oxygen atoms in total. The van der Waals surface area contributed by atoms with Crippen LogP contribution in [-0.4, -0.2) is 53.0 Å². The molecule has 8 heteroatoms. The number of aryl methyl sites for hydroxylation is 2. The van der Waals surface area contributed by atoms with Gasteiger partial charge in [0, 0.05) is 49.3 Å². The largest absolute Gasteiger partial charge is 0.354 e. The molecule has 0 unspecified atom stereocenters. The third kappa shape index (κ3) is 5.95. The fourth-order valence-electron chi connectivity index (χ4n) is 4.60. The van der Waals surface area contributed by atoms with Crippen molar-refractivity contribution in [1.82, 2.24) is 20.1 Å². The highest BCUT2D eigenvalue weighted by atomic mass is 35.5. The quantitative estimate of drug-likeness (QED) is 0.643. The van der Waals surface area contributed by atoms with Crippen molar-refractivity contribution in [1.29, 1.82) is 0 Å². The van der Waals surface area contributed by atoms with Crippen LogP contribution in [0.15, 0.2) is 23.0 Å². The topological polar surface area (TPSA) is 83.4 Å². The highest BCUT2D eigenvalue weighted by molar-refractivity contribution is 6.00.